The Bertz CT molecular complexity index is 1110. The number of piperazine rings is 1. The zero-order chi connectivity index (χ0) is 20.6. The SMILES string of the molecule is Cc1cc(Nc2nc(N3CCNCC3)nc3cc[nH]c(=O)c23)cc(C(F)(F)F)c1. The number of hydrogen-bond donors (Lipinski definition) is 3. The Morgan fingerprint density at radius 1 is 1.14 bits per heavy atom. The molecule has 29 heavy (non-hydrogen) atoms. The van der Waals surface area contributed by atoms with E-state index in [4.69, 9.17) is 0 Å². The molecule has 152 valence electrons. The van der Waals surface area contributed by atoms with Crippen molar-refractivity contribution in [2.45, 2.75) is 13.1 Å². The van der Waals surface area contributed by atoms with Crippen LogP contribution >= 0.6 is 0 Å². The molecule has 1 fully saturated rings. The zero-order valence-corrected chi connectivity index (χ0v) is 15.6. The van der Waals surface area contributed by atoms with Crippen LogP contribution in [0.3, 0.4) is 0 Å². The van der Waals surface area contributed by atoms with E-state index in [9.17, 15) is 18.0 Å². The molecule has 1 aromatic carbocycles. The van der Waals surface area contributed by atoms with Gasteiger partial charge in [-0.3, -0.25) is 4.79 Å². The van der Waals surface area contributed by atoms with Crippen LogP contribution in [0.5, 0.6) is 0 Å². The lowest BCUT2D eigenvalue weighted by atomic mass is 10.1. The molecule has 0 bridgehead atoms. The summed E-state index contributed by atoms with van der Waals surface area (Å²) < 4.78 is 39.6. The second-order valence-electron chi connectivity index (χ2n) is 6.89. The summed E-state index contributed by atoms with van der Waals surface area (Å²) in [5.74, 6) is 0.597. The summed E-state index contributed by atoms with van der Waals surface area (Å²) in [5.41, 5.74) is -0.123. The fourth-order valence-electron chi connectivity index (χ4n) is 3.33. The number of nitrogens with one attached hydrogen (secondary N) is 3. The molecule has 0 spiro atoms. The summed E-state index contributed by atoms with van der Waals surface area (Å²) in [7, 11) is 0. The predicted molar refractivity (Wildman–Crippen MR) is 105 cm³/mol. The summed E-state index contributed by atoms with van der Waals surface area (Å²) in [4.78, 5) is 25.9. The minimum Gasteiger partial charge on any atom is -0.339 e. The molecular weight excluding hydrogens is 385 g/mol. The van der Waals surface area contributed by atoms with Crippen LogP contribution in [0.2, 0.25) is 0 Å². The van der Waals surface area contributed by atoms with E-state index in [2.05, 4.69) is 25.6 Å². The van der Waals surface area contributed by atoms with Gasteiger partial charge < -0.3 is 20.5 Å². The number of aromatic nitrogens is 3. The largest absolute Gasteiger partial charge is 0.416 e. The van der Waals surface area contributed by atoms with E-state index in [1.807, 2.05) is 4.90 Å². The Morgan fingerprint density at radius 2 is 1.90 bits per heavy atom. The molecule has 0 aliphatic carbocycles. The number of halogens is 3. The van der Waals surface area contributed by atoms with Gasteiger partial charge >= 0.3 is 6.18 Å². The maximum Gasteiger partial charge on any atom is 0.416 e. The van der Waals surface area contributed by atoms with Crippen LogP contribution in [0.4, 0.5) is 30.6 Å². The van der Waals surface area contributed by atoms with Crippen molar-refractivity contribution in [1.82, 2.24) is 20.3 Å². The molecule has 10 heteroatoms. The van der Waals surface area contributed by atoms with E-state index in [1.54, 1.807) is 19.1 Å². The maximum absolute atomic E-state index is 13.2. The van der Waals surface area contributed by atoms with E-state index < -0.39 is 17.3 Å². The van der Waals surface area contributed by atoms with E-state index in [1.165, 1.54) is 6.20 Å². The summed E-state index contributed by atoms with van der Waals surface area (Å²) in [6.45, 7) is 4.50. The van der Waals surface area contributed by atoms with Crippen LogP contribution in [-0.4, -0.2) is 41.1 Å². The smallest absolute Gasteiger partial charge is 0.339 e. The van der Waals surface area contributed by atoms with Crippen molar-refractivity contribution in [1.29, 1.82) is 0 Å². The number of aryl methyl sites for hydroxylation is 1. The van der Waals surface area contributed by atoms with E-state index >= 15 is 0 Å². The van der Waals surface area contributed by atoms with Crippen molar-refractivity contribution in [2.75, 3.05) is 36.4 Å². The molecule has 1 saturated heterocycles. The average molecular weight is 404 g/mol. The lowest BCUT2D eigenvalue weighted by Crippen LogP contribution is -2.44. The number of alkyl halides is 3. The average Bonchev–Trinajstić information content (AvgIpc) is 2.67. The monoisotopic (exact) mass is 404 g/mol. The highest BCUT2D eigenvalue weighted by Gasteiger charge is 2.31. The van der Waals surface area contributed by atoms with Gasteiger partial charge in [-0.1, -0.05) is 0 Å². The van der Waals surface area contributed by atoms with Gasteiger partial charge in [0, 0.05) is 38.1 Å². The highest BCUT2D eigenvalue weighted by Crippen LogP contribution is 2.33. The number of H-pyrrole nitrogens is 1. The molecule has 0 unspecified atom stereocenters. The molecule has 0 radical (unpaired) electrons. The number of benzene rings is 1. The fraction of sp³-hybridized carbons (Fsp3) is 0.316. The molecule has 3 aromatic rings. The molecular formula is C19H19F3N6O. The van der Waals surface area contributed by atoms with Crippen LogP contribution in [-0.2, 0) is 6.18 Å². The van der Waals surface area contributed by atoms with E-state index in [0.29, 0.717) is 30.1 Å². The third-order valence-corrected chi connectivity index (χ3v) is 4.68. The van der Waals surface area contributed by atoms with Gasteiger partial charge in [-0.25, -0.2) is 4.98 Å². The van der Waals surface area contributed by atoms with Gasteiger partial charge in [-0.05, 0) is 36.8 Å². The lowest BCUT2D eigenvalue weighted by molar-refractivity contribution is -0.137. The third-order valence-electron chi connectivity index (χ3n) is 4.68. The summed E-state index contributed by atoms with van der Waals surface area (Å²) in [6.07, 6.45) is -2.99. The summed E-state index contributed by atoms with van der Waals surface area (Å²) in [6, 6.07) is 5.29. The highest BCUT2D eigenvalue weighted by atomic mass is 19.4. The zero-order valence-electron chi connectivity index (χ0n) is 15.6. The normalized spacial score (nSPS) is 15.0. The van der Waals surface area contributed by atoms with Gasteiger partial charge in [0.15, 0.2) is 0 Å². The molecule has 4 rings (SSSR count). The number of hydrogen-bond acceptors (Lipinski definition) is 6. The molecule has 0 amide bonds. The number of nitrogens with zero attached hydrogens (tertiary/aromatic N) is 3. The van der Waals surface area contributed by atoms with Gasteiger partial charge in [-0.2, -0.15) is 18.2 Å². The molecule has 1 aliphatic rings. The highest BCUT2D eigenvalue weighted by molar-refractivity contribution is 5.91. The van der Waals surface area contributed by atoms with Crippen molar-refractivity contribution in [3.63, 3.8) is 0 Å². The summed E-state index contributed by atoms with van der Waals surface area (Å²) >= 11 is 0. The molecule has 0 atom stereocenters. The van der Waals surface area contributed by atoms with Crippen LogP contribution in [0.1, 0.15) is 11.1 Å². The summed E-state index contributed by atoms with van der Waals surface area (Å²) in [5, 5.41) is 6.34. The van der Waals surface area contributed by atoms with Crippen LogP contribution < -0.4 is 21.1 Å². The van der Waals surface area contributed by atoms with Crippen molar-refractivity contribution in [3.8, 4) is 0 Å². The standard InChI is InChI=1S/C19H19F3N6O/c1-11-8-12(19(20,21)22)10-13(9-11)25-16-15-14(2-3-24-17(15)29)26-18(27-16)28-6-4-23-5-7-28/h2-3,8-10,23H,4-7H2,1H3,(H,24,29)(H,25,26,27). The van der Waals surface area contributed by atoms with Crippen molar-refractivity contribution in [3.05, 3.63) is 51.9 Å². The van der Waals surface area contributed by atoms with Gasteiger partial charge in [0.25, 0.3) is 5.56 Å². The molecule has 2 aromatic heterocycles. The van der Waals surface area contributed by atoms with Crippen molar-refractivity contribution >= 4 is 28.4 Å². The lowest BCUT2D eigenvalue weighted by Gasteiger charge is -2.27. The van der Waals surface area contributed by atoms with Gasteiger partial charge in [0.05, 0.1) is 11.1 Å². The third kappa shape index (κ3) is 4.02. The Morgan fingerprint density at radius 3 is 2.62 bits per heavy atom. The topological polar surface area (TPSA) is 85.9 Å². The van der Waals surface area contributed by atoms with Crippen LogP contribution in [0.15, 0.2) is 35.3 Å². The molecule has 1 aliphatic heterocycles. The predicted octanol–water partition coefficient (Wildman–Crippen LogP) is 2.80. The first-order chi connectivity index (χ1) is 13.8. The minimum absolute atomic E-state index is 0.170. The first kappa shape index (κ1) is 19.2. The quantitative estimate of drug-likeness (QED) is 0.623. The molecule has 0 saturated carbocycles. The van der Waals surface area contributed by atoms with Gasteiger partial charge in [-0.15, -0.1) is 0 Å². The molecule has 3 heterocycles. The first-order valence-electron chi connectivity index (χ1n) is 9.12. The molecule has 7 nitrogen and oxygen atoms in total. The van der Waals surface area contributed by atoms with Gasteiger partial charge in [0.2, 0.25) is 5.95 Å². The fourth-order valence-corrected chi connectivity index (χ4v) is 3.33. The minimum atomic E-state index is -4.47. The molecule has 3 N–H and O–H groups in total. The van der Waals surface area contributed by atoms with Crippen LogP contribution in [0.25, 0.3) is 10.9 Å². The van der Waals surface area contributed by atoms with E-state index in [0.717, 1.165) is 25.2 Å². The second-order valence-corrected chi connectivity index (χ2v) is 6.89. The Balaban J connectivity index is 1.82. The van der Waals surface area contributed by atoms with Crippen molar-refractivity contribution < 1.29 is 13.2 Å². The number of rotatable bonds is 3. The van der Waals surface area contributed by atoms with Gasteiger partial charge in [0.1, 0.15) is 11.2 Å². The number of fused-ring (bicyclic) bond motifs is 1. The first-order valence-corrected chi connectivity index (χ1v) is 9.12. The number of pyridine rings is 1. The maximum atomic E-state index is 13.2. The van der Waals surface area contributed by atoms with Crippen LogP contribution in [0, 0.1) is 6.92 Å². The van der Waals surface area contributed by atoms with Crippen molar-refractivity contribution in [2.24, 2.45) is 0 Å². The Kier molecular flexibility index (Phi) is 4.87. The van der Waals surface area contributed by atoms with E-state index in [-0.39, 0.29) is 16.9 Å². The number of aromatic amines is 1. The second kappa shape index (κ2) is 7.36. The Hall–Kier alpha value is -3.14. The number of anilines is 3. The Labute approximate surface area is 164 Å².